The Labute approximate surface area is 141 Å². The number of carbonyl (C=O) groups excluding carboxylic acids is 1. The first-order chi connectivity index (χ1) is 11.2. The lowest BCUT2D eigenvalue weighted by atomic mass is 9.92. The van der Waals surface area contributed by atoms with E-state index < -0.39 is 0 Å². The molecule has 0 aromatic carbocycles. The van der Waals surface area contributed by atoms with Crippen molar-refractivity contribution in [2.75, 3.05) is 26.4 Å². The first-order valence-corrected chi connectivity index (χ1v) is 9.27. The van der Waals surface area contributed by atoms with E-state index in [0.29, 0.717) is 26.2 Å². The lowest BCUT2D eigenvalue weighted by Gasteiger charge is -2.32. The molecule has 0 amide bonds. The van der Waals surface area contributed by atoms with E-state index in [9.17, 15) is 4.79 Å². The number of ether oxygens (including phenoxy) is 3. The maximum absolute atomic E-state index is 12.0. The average molecular weight is 326 g/mol. The normalized spacial score (nSPS) is 21.5. The van der Waals surface area contributed by atoms with Gasteiger partial charge in [0.05, 0.1) is 12.7 Å². The van der Waals surface area contributed by atoms with E-state index in [-0.39, 0.29) is 18.0 Å². The van der Waals surface area contributed by atoms with Crippen molar-refractivity contribution in [2.45, 2.75) is 77.9 Å². The van der Waals surface area contributed by atoms with E-state index >= 15 is 0 Å². The van der Waals surface area contributed by atoms with Gasteiger partial charge in [0.2, 0.25) is 0 Å². The van der Waals surface area contributed by atoms with Crippen molar-refractivity contribution >= 4 is 5.78 Å². The smallest absolute Gasteiger partial charge is 0.158 e. The van der Waals surface area contributed by atoms with E-state index in [2.05, 4.69) is 20.8 Å². The van der Waals surface area contributed by atoms with Crippen molar-refractivity contribution in [3.05, 3.63) is 11.6 Å². The molecule has 0 aromatic rings. The quantitative estimate of drug-likeness (QED) is 0.479. The van der Waals surface area contributed by atoms with Crippen molar-refractivity contribution in [3.63, 3.8) is 0 Å². The fraction of sp³-hybridized carbons (Fsp3) is 0.842. The third-order valence-corrected chi connectivity index (χ3v) is 3.99. The highest BCUT2D eigenvalue weighted by Gasteiger charge is 2.32. The number of allylic oxidation sites excluding steroid dienone is 1. The molecule has 0 unspecified atom stereocenters. The Balaban J connectivity index is 2.64. The number of hydrogen-bond donors (Lipinski definition) is 0. The minimum absolute atomic E-state index is 0.121. The molecule has 0 heterocycles. The van der Waals surface area contributed by atoms with Crippen LogP contribution >= 0.6 is 0 Å². The van der Waals surface area contributed by atoms with Gasteiger partial charge in [-0.1, -0.05) is 40.0 Å². The van der Waals surface area contributed by atoms with Crippen LogP contribution in [0.3, 0.4) is 0 Å². The molecule has 1 rings (SSSR count). The fourth-order valence-corrected chi connectivity index (χ4v) is 2.55. The number of unbranched alkanes of at least 4 members (excludes halogenated alkanes) is 3. The van der Waals surface area contributed by atoms with E-state index in [1.54, 1.807) is 6.08 Å². The molecule has 4 heteroatoms. The van der Waals surface area contributed by atoms with Gasteiger partial charge in [-0.15, -0.1) is 0 Å². The highest BCUT2D eigenvalue weighted by Crippen LogP contribution is 2.24. The van der Waals surface area contributed by atoms with Gasteiger partial charge < -0.3 is 14.2 Å². The van der Waals surface area contributed by atoms with Gasteiger partial charge in [0, 0.05) is 26.2 Å². The Morgan fingerprint density at radius 1 is 0.957 bits per heavy atom. The molecule has 0 aromatic heterocycles. The molecule has 134 valence electrons. The van der Waals surface area contributed by atoms with Crippen molar-refractivity contribution in [1.82, 2.24) is 0 Å². The lowest BCUT2D eigenvalue weighted by molar-refractivity contribution is -0.124. The van der Waals surface area contributed by atoms with Crippen LogP contribution in [-0.2, 0) is 19.0 Å². The molecular weight excluding hydrogens is 292 g/mol. The zero-order valence-corrected chi connectivity index (χ0v) is 15.1. The van der Waals surface area contributed by atoms with Crippen LogP contribution in [-0.4, -0.2) is 44.4 Å². The highest BCUT2D eigenvalue weighted by atomic mass is 16.5. The van der Waals surface area contributed by atoms with E-state index in [1.807, 2.05) is 0 Å². The number of hydrogen-bond acceptors (Lipinski definition) is 4. The monoisotopic (exact) mass is 326 g/mol. The van der Waals surface area contributed by atoms with Crippen molar-refractivity contribution in [1.29, 1.82) is 0 Å². The molecule has 0 saturated carbocycles. The molecule has 0 N–H and O–H groups in total. The van der Waals surface area contributed by atoms with Gasteiger partial charge in [-0.25, -0.2) is 0 Å². The van der Waals surface area contributed by atoms with Gasteiger partial charge in [0.25, 0.3) is 0 Å². The van der Waals surface area contributed by atoms with E-state index in [1.165, 1.54) is 0 Å². The summed E-state index contributed by atoms with van der Waals surface area (Å²) < 4.78 is 17.7. The maximum Gasteiger partial charge on any atom is 0.158 e. The Morgan fingerprint density at radius 2 is 1.57 bits per heavy atom. The second kappa shape index (κ2) is 12.7. The third-order valence-electron chi connectivity index (χ3n) is 3.99. The fourth-order valence-electron chi connectivity index (χ4n) is 2.55. The van der Waals surface area contributed by atoms with Crippen LogP contribution in [0.5, 0.6) is 0 Å². The second-order valence-electron chi connectivity index (χ2n) is 6.20. The van der Waals surface area contributed by atoms with Gasteiger partial charge in [-0.05, 0) is 30.9 Å². The van der Waals surface area contributed by atoms with Crippen LogP contribution in [0.15, 0.2) is 11.6 Å². The average Bonchev–Trinajstić information content (AvgIpc) is 2.54. The number of rotatable bonds is 13. The molecule has 4 nitrogen and oxygen atoms in total. The standard InChI is InChI=1S/C19H34O4/c1-4-7-10-21-15-16-13-17(20)14-18(22-11-8-5-2)19(16)23-12-9-6-3/h13,18-19H,4-12,14-15H2,1-3H3/t18-,19-/m1/s1. The summed E-state index contributed by atoms with van der Waals surface area (Å²) in [6, 6.07) is 0. The van der Waals surface area contributed by atoms with Gasteiger partial charge >= 0.3 is 0 Å². The van der Waals surface area contributed by atoms with E-state index in [4.69, 9.17) is 14.2 Å². The zero-order chi connectivity index (χ0) is 16.9. The van der Waals surface area contributed by atoms with Crippen LogP contribution in [0.2, 0.25) is 0 Å². The molecule has 1 aliphatic rings. The van der Waals surface area contributed by atoms with Gasteiger partial charge in [0.15, 0.2) is 5.78 Å². The summed E-state index contributed by atoms with van der Waals surface area (Å²) >= 11 is 0. The zero-order valence-electron chi connectivity index (χ0n) is 15.1. The molecule has 0 bridgehead atoms. The molecule has 0 spiro atoms. The van der Waals surface area contributed by atoms with Crippen molar-refractivity contribution < 1.29 is 19.0 Å². The summed E-state index contributed by atoms with van der Waals surface area (Å²) in [6.07, 6.45) is 8.19. The third kappa shape index (κ3) is 8.09. The molecule has 0 radical (unpaired) electrons. The van der Waals surface area contributed by atoms with Crippen LogP contribution in [0.25, 0.3) is 0 Å². The number of carbonyl (C=O) groups is 1. The van der Waals surface area contributed by atoms with Crippen LogP contribution in [0.4, 0.5) is 0 Å². The topological polar surface area (TPSA) is 44.8 Å². The van der Waals surface area contributed by atoms with Gasteiger partial charge in [-0.2, -0.15) is 0 Å². The molecule has 23 heavy (non-hydrogen) atoms. The highest BCUT2D eigenvalue weighted by molar-refractivity contribution is 5.92. The van der Waals surface area contributed by atoms with Gasteiger partial charge in [-0.3, -0.25) is 4.79 Å². The Hall–Kier alpha value is -0.710. The molecule has 0 saturated heterocycles. The lowest BCUT2D eigenvalue weighted by Crippen LogP contribution is -2.40. The van der Waals surface area contributed by atoms with Crippen molar-refractivity contribution in [3.8, 4) is 0 Å². The first-order valence-electron chi connectivity index (χ1n) is 9.27. The minimum atomic E-state index is -0.166. The summed E-state index contributed by atoms with van der Waals surface area (Å²) in [7, 11) is 0. The Bertz CT molecular complexity index is 351. The van der Waals surface area contributed by atoms with Crippen LogP contribution in [0.1, 0.15) is 65.7 Å². The number of ketones is 1. The van der Waals surface area contributed by atoms with Gasteiger partial charge in [0.1, 0.15) is 6.10 Å². The molecule has 1 aliphatic carbocycles. The first kappa shape index (κ1) is 20.3. The molecular formula is C19H34O4. The largest absolute Gasteiger partial charge is 0.377 e. The van der Waals surface area contributed by atoms with Crippen LogP contribution in [0, 0.1) is 0 Å². The molecule has 0 fully saturated rings. The predicted molar refractivity (Wildman–Crippen MR) is 92.7 cm³/mol. The summed E-state index contributed by atoms with van der Waals surface area (Å²) in [5, 5.41) is 0. The summed E-state index contributed by atoms with van der Waals surface area (Å²) in [4.78, 5) is 12.0. The van der Waals surface area contributed by atoms with Crippen LogP contribution < -0.4 is 0 Å². The Kier molecular flexibility index (Phi) is 11.2. The minimum Gasteiger partial charge on any atom is -0.377 e. The SMILES string of the molecule is CCCCOCC1=CC(=O)C[C@@H](OCCCC)[C@@H]1OCCCC. The summed E-state index contributed by atoms with van der Waals surface area (Å²) in [5.41, 5.74) is 0.940. The van der Waals surface area contributed by atoms with E-state index in [0.717, 1.165) is 50.7 Å². The molecule has 0 aliphatic heterocycles. The molecule has 2 atom stereocenters. The maximum atomic E-state index is 12.0. The predicted octanol–water partition coefficient (Wildman–Crippen LogP) is 4.07. The summed E-state index contributed by atoms with van der Waals surface area (Å²) in [6.45, 7) is 9.01. The Morgan fingerprint density at radius 3 is 2.22 bits per heavy atom. The van der Waals surface area contributed by atoms with Crippen molar-refractivity contribution in [2.24, 2.45) is 0 Å². The second-order valence-corrected chi connectivity index (χ2v) is 6.20. The summed E-state index contributed by atoms with van der Waals surface area (Å²) in [5.74, 6) is 0.121.